The molecule has 3 nitrogen and oxygen atoms in total. The van der Waals surface area contributed by atoms with Crippen molar-refractivity contribution in [3.63, 3.8) is 0 Å². The highest BCUT2D eigenvalue weighted by Gasteiger charge is 2.23. The lowest BCUT2D eigenvalue weighted by atomic mass is 10.2. The van der Waals surface area contributed by atoms with Gasteiger partial charge in [0, 0.05) is 0 Å². The number of hydrogen-bond donors (Lipinski definition) is 1. The Morgan fingerprint density at radius 3 is 2.42 bits per heavy atom. The Labute approximate surface area is 141 Å². The summed E-state index contributed by atoms with van der Waals surface area (Å²) in [6, 6.07) is 19.5. The summed E-state index contributed by atoms with van der Waals surface area (Å²) in [6.45, 7) is 0.435. The third-order valence-electron chi connectivity index (χ3n) is 3.81. The first-order valence-corrected chi connectivity index (χ1v) is 8.65. The van der Waals surface area contributed by atoms with Crippen molar-refractivity contribution >= 4 is 22.2 Å². The molecule has 1 atom stereocenters. The maximum atomic E-state index is 13.4. The number of halogens is 1. The zero-order chi connectivity index (χ0) is 16.5. The van der Waals surface area contributed by atoms with Gasteiger partial charge in [-0.05, 0) is 42.0 Å². The molecular formula is C19H14FNO2S. The molecular weight excluding hydrogens is 325 g/mol. The van der Waals surface area contributed by atoms with Gasteiger partial charge in [-0.25, -0.2) is 8.60 Å². The van der Waals surface area contributed by atoms with Gasteiger partial charge in [0.1, 0.15) is 18.2 Å². The molecule has 0 spiro atoms. The van der Waals surface area contributed by atoms with Crippen molar-refractivity contribution in [2.24, 2.45) is 0 Å². The van der Waals surface area contributed by atoms with E-state index in [0.29, 0.717) is 27.8 Å². The molecule has 0 bridgehead atoms. The number of fused-ring (bicyclic) bond motifs is 2. The van der Waals surface area contributed by atoms with E-state index in [1.807, 2.05) is 42.5 Å². The average molecular weight is 339 g/mol. The van der Waals surface area contributed by atoms with Crippen molar-refractivity contribution in [3.8, 4) is 5.75 Å². The fourth-order valence-electron chi connectivity index (χ4n) is 2.61. The lowest BCUT2D eigenvalue weighted by molar-refractivity contribution is 0.305. The lowest BCUT2D eigenvalue weighted by Crippen LogP contribution is -2.09. The molecule has 4 rings (SSSR count). The second-order valence-corrected chi connectivity index (χ2v) is 6.88. The van der Waals surface area contributed by atoms with E-state index in [1.54, 1.807) is 12.1 Å². The van der Waals surface area contributed by atoms with Crippen LogP contribution in [0.25, 0.3) is 0 Å². The molecule has 1 aliphatic rings. The number of nitrogens with one attached hydrogen (secondary N) is 1. The molecule has 24 heavy (non-hydrogen) atoms. The van der Waals surface area contributed by atoms with Crippen LogP contribution in [0, 0.1) is 5.82 Å². The van der Waals surface area contributed by atoms with Crippen molar-refractivity contribution in [1.29, 1.82) is 0 Å². The molecule has 0 saturated heterocycles. The minimum absolute atomic E-state index is 0.399. The molecule has 0 amide bonds. The summed E-state index contributed by atoms with van der Waals surface area (Å²) in [7, 11) is -1.44. The number of ether oxygens (including phenoxy) is 1. The van der Waals surface area contributed by atoms with Crippen molar-refractivity contribution in [2.45, 2.75) is 16.4 Å². The van der Waals surface area contributed by atoms with Crippen LogP contribution in [0.3, 0.4) is 0 Å². The minimum atomic E-state index is -1.44. The van der Waals surface area contributed by atoms with Crippen LogP contribution in [-0.4, -0.2) is 4.21 Å². The summed E-state index contributed by atoms with van der Waals surface area (Å²) in [6.07, 6.45) is 0. The van der Waals surface area contributed by atoms with E-state index in [2.05, 4.69) is 5.32 Å². The van der Waals surface area contributed by atoms with E-state index in [4.69, 9.17) is 4.74 Å². The SMILES string of the molecule is O=S1c2cc(F)ccc2Nc2ccc(OCc3ccccc3)cc21. The van der Waals surface area contributed by atoms with Crippen molar-refractivity contribution in [2.75, 3.05) is 5.32 Å². The Morgan fingerprint density at radius 2 is 1.62 bits per heavy atom. The highest BCUT2D eigenvalue weighted by Crippen LogP contribution is 2.38. The summed E-state index contributed by atoms with van der Waals surface area (Å²) < 4.78 is 32.0. The number of hydrogen-bond acceptors (Lipinski definition) is 3. The number of benzene rings is 3. The van der Waals surface area contributed by atoms with Gasteiger partial charge in [0.2, 0.25) is 0 Å². The molecule has 5 heteroatoms. The molecule has 0 saturated carbocycles. The monoisotopic (exact) mass is 339 g/mol. The molecule has 1 unspecified atom stereocenters. The first-order valence-electron chi connectivity index (χ1n) is 7.50. The van der Waals surface area contributed by atoms with Crippen LogP contribution < -0.4 is 10.1 Å². The maximum Gasteiger partial charge on any atom is 0.124 e. The zero-order valence-corrected chi connectivity index (χ0v) is 13.5. The second kappa shape index (κ2) is 6.09. The smallest absolute Gasteiger partial charge is 0.124 e. The third-order valence-corrected chi connectivity index (χ3v) is 5.29. The van der Waals surface area contributed by atoms with Crippen LogP contribution in [0.1, 0.15) is 5.56 Å². The van der Waals surface area contributed by atoms with Gasteiger partial charge >= 0.3 is 0 Å². The predicted octanol–water partition coefficient (Wildman–Crippen LogP) is 4.63. The van der Waals surface area contributed by atoms with Gasteiger partial charge in [-0.1, -0.05) is 30.3 Å². The molecule has 0 aliphatic carbocycles. The van der Waals surface area contributed by atoms with E-state index in [-0.39, 0.29) is 0 Å². The quantitative estimate of drug-likeness (QED) is 0.591. The summed E-state index contributed by atoms with van der Waals surface area (Å²) in [5.41, 5.74) is 2.47. The topological polar surface area (TPSA) is 38.3 Å². The number of anilines is 2. The normalized spacial score (nSPS) is 15.1. The first-order chi connectivity index (χ1) is 11.7. The fraction of sp³-hybridized carbons (Fsp3) is 0.0526. The molecule has 1 aliphatic heterocycles. The lowest BCUT2D eigenvalue weighted by Gasteiger charge is -2.21. The molecule has 0 fully saturated rings. The second-order valence-electron chi connectivity index (χ2n) is 5.47. The largest absolute Gasteiger partial charge is 0.489 e. The van der Waals surface area contributed by atoms with Crippen LogP contribution in [-0.2, 0) is 17.4 Å². The molecule has 0 aromatic heterocycles. The van der Waals surface area contributed by atoms with Crippen molar-refractivity contribution in [3.05, 3.63) is 78.1 Å². The van der Waals surface area contributed by atoms with Crippen LogP contribution in [0.15, 0.2) is 76.5 Å². The Kier molecular flexibility index (Phi) is 3.78. The summed E-state index contributed by atoms with van der Waals surface area (Å²) in [5.74, 6) is 0.233. The Morgan fingerprint density at radius 1 is 0.917 bits per heavy atom. The third kappa shape index (κ3) is 2.78. The maximum absolute atomic E-state index is 13.4. The van der Waals surface area contributed by atoms with Gasteiger partial charge in [-0.2, -0.15) is 0 Å². The zero-order valence-electron chi connectivity index (χ0n) is 12.7. The van der Waals surface area contributed by atoms with Crippen molar-refractivity contribution < 1.29 is 13.3 Å². The Hall–Kier alpha value is -2.66. The van der Waals surface area contributed by atoms with Gasteiger partial charge in [-0.3, -0.25) is 0 Å². The van der Waals surface area contributed by atoms with Gasteiger partial charge in [0.25, 0.3) is 0 Å². The first kappa shape index (κ1) is 14.9. The predicted molar refractivity (Wildman–Crippen MR) is 91.6 cm³/mol. The number of rotatable bonds is 3. The Bertz CT molecular complexity index is 928. The van der Waals surface area contributed by atoms with E-state index < -0.39 is 16.6 Å². The van der Waals surface area contributed by atoms with Gasteiger partial charge in [0.05, 0.1) is 32.0 Å². The molecule has 3 aromatic carbocycles. The summed E-state index contributed by atoms with van der Waals surface area (Å²) >= 11 is 0. The van der Waals surface area contributed by atoms with Crippen LogP contribution in [0.4, 0.5) is 15.8 Å². The summed E-state index contributed by atoms with van der Waals surface area (Å²) in [5, 5.41) is 3.18. The molecule has 3 aromatic rings. The minimum Gasteiger partial charge on any atom is -0.489 e. The highest BCUT2D eigenvalue weighted by atomic mass is 32.2. The molecule has 120 valence electrons. The molecule has 1 N–H and O–H groups in total. The summed E-state index contributed by atoms with van der Waals surface area (Å²) in [4.78, 5) is 1.04. The van der Waals surface area contributed by atoms with E-state index in [1.165, 1.54) is 12.1 Å². The average Bonchev–Trinajstić information content (AvgIpc) is 2.62. The molecule has 0 radical (unpaired) electrons. The fourth-order valence-corrected chi connectivity index (χ4v) is 3.92. The van der Waals surface area contributed by atoms with Crippen LogP contribution in [0.2, 0.25) is 0 Å². The van der Waals surface area contributed by atoms with E-state index in [9.17, 15) is 8.60 Å². The van der Waals surface area contributed by atoms with Gasteiger partial charge in [0.15, 0.2) is 0 Å². The van der Waals surface area contributed by atoms with Gasteiger partial charge in [-0.15, -0.1) is 0 Å². The van der Waals surface area contributed by atoms with Gasteiger partial charge < -0.3 is 10.1 Å². The Balaban J connectivity index is 1.61. The highest BCUT2D eigenvalue weighted by molar-refractivity contribution is 7.85. The standard InChI is InChI=1S/C19H14FNO2S/c20-14-6-8-16-18(10-14)24(22)19-11-15(7-9-17(19)21-16)23-12-13-4-2-1-3-5-13/h1-11,21H,12H2. The van der Waals surface area contributed by atoms with Crippen molar-refractivity contribution in [1.82, 2.24) is 0 Å². The van der Waals surface area contributed by atoms with E-state index in [0.717, 1.165) is 11.3 Å². The van der Waals surface area contributed by atoms with E-state index >= 15 is 0 Å². The molecule has 1 heterocycles. The van der Waals surface area contributed by atoms with Crippen LogP contribution in [0.5, 0.6) is 5.75 Å². The van der Waals surface area contributed by atoms with Crippen LogP contribution >= 0.6 is 0 Å².